The van der Waals surface area contributed by atoms with Gasteiger partial charge < -0.3 is 10.1 Å². The molecule has 2 rings (SSSR count). The van der Waals surface area contributed by atoms with Crippen LogP contribution in [0.4, 0.5) is 0 Å². The Balaban J connectivity index is 2.24. The first-order valence-electron chi connectivity index (χ1n) is 6.34. The zero-order valence-electron chi connectivity index (χ0n) is 11.2. The Hall–Kier alpha value is -1.61. The average Bonchev–Trinajstić information content (AvgIpc) is 2.37. The van der Waals surface area contributed by atoms with Gasteiger partial charge in [-0.15, -0.1) is 0 Å². The summed E-state index contributed by atoms with van der Waals surface area (Å²) in [6.07, 6.45) is 0. The molecular formula is C15H20N2O. The van der Waals surface area contributed by atoms with Crippen LogP contribution in [0.5, 0.6) is 5.75 Å². The predicted octanol–water partition coefficient (Wildman–Crippen LogP) is 2.99. The smallest absolute Gasteiger partial charge is 0.130 e. The first-order valence-corrected chi connectivity index (χ1v) is 6.34. The molecule has 0 aliphatic heterocycles. The van der Waals surface area contributed by atoms with Crippen LogP contribution in [-0.2, 0) is 6.54 Å². The number of benzene rings is 1. The fourth-order valence-electron chi connectivity index (χ4n) is 1.94. The lowest BCUT2D eigenvalue weighted by molar-refractivity contribution is 0.418. The largest absolute Gasteiger partial charge is 0.496 e. The molecule has 96 valence electrons. The van der Waals surface area contributed by atoms with Gasteiger partial charge in [-0.1, -0.05) is 26.0 Å². The van der Waals surface area contributed by atoms with Gasteiger partial charge in [-0.05, 0) is 24.6 Å². The van der Waals surface area contributed by atoms with Crippen LogP contribution in [-0.4, -0.2) is 18.6 Å². The van der Waals surface area contributed by atoms with Crippen molar-refractivity contribution in [2.24, 2.45) is 5.92 Å². The van der Waals surface area contributed by atoms with Crippen LogP contribution in [0.15, 0.2) is 30.3 Å². The molecule has 0 fully saturated rings. The molecule has 0 radical (unpaired) electrons. The van der Waals surface area contributed by atoms with Gasteiger partial charge in [0.05, 0.1) is 18.3 Å². The van der Waals surface area contributed by atoms with E-state index < -0.39 is 0 Å². The van der Waals surface area contributed by atoms with Crippen molar-refractivity contribution in [1.29, 1.82) is 0 Å². The van der Waals surface area contributed by atoms with E-state index in [9.17, 15) is 0 Å². The van der Waals surface area contributed by atoms with Crippen LogP contribution in [0.25, 0.3) is 10.9 Å². The molecule has 1 N–H and O–H groups in total. The molecule has 0 unspecified atom stereocenters. The lowest BCUT2D eigenvalue weighted by Crippen LogP contribution is -2.19. The molecule has 0 aliphatic rings. The van der Waals surface area contributed by atoms with Gasteiger partial charge in [-0.3, -0.25) is 4.98 Å². The summed E-state index contributed by atoms with van der Waals surface area (Å²) in [5, 5.41) is 4.46. The molecule has 1 aromatic carbocycles. The first-order chi connectivity index (χ1) is 8.70. The lowest BCUT2D eigenvalue weighted by atomic mass is 10.1. The van der Waals surface area contributed by atoms with Crippen LogP contribution >= 0.6 is 0 Å². The highest BCUT2D eigenvalue weighted by molar-refractivity contribution is 5.85. The number of nitrogens with one attached hydrogen (secondary N) is 1. The summed E-state index contributed by atoms with van der Waals surface area (Å²) in [5.41, 5.74) is 2.00. The van der Waals surface area contributed by atoms with Gasteiger partial charge in [-0.25, -0.2) is 0 Å². The SMILES string of the molecule is COc1cc(CNCC(C)C)nc2ccccc12. The van der Waals surface area contributed by atoms with Crippen molar-refractivity contribution >= 4 is 10.9 Å². The molecule has 1 heterocycles. The molecule has 3 heteroatoms. The lowest BCUT2D eigenvalue weighted by Gasteiger charge is -2.10. The molecule has 0 amide bonds. The molecule has 0 bridgehead atoms. The number of hydrogen-bond acceptors (Lipinski definition) is 3. The third kappa shape index (κ3) is 2.99. The Bertz CT molecular complexity index is 523. The van der Waals surface area contributed by atoms with E-state index in [2.05, 4.69) is 24.1 Å². The fraction of sp³-hybridized carbons (Fsp3) is 0.400. The van der Waals surface area contributed by atoms with E-state index in [-0.39, 0.29) is 0 Å². The number of para-hydroxylation sites is 1. The third-order valence-corrected chi connectivity index (χ3v) is 2.81. The number of ether oxygens (including phenoxy) is 1. The topological polar surface area (TPSA) is 34.1 Å². The highest BCUT2D eigenvalue weighted by atomic mass is 16.5. The Labute approximate surface area is 108 Å². The quantitative estimate of drug-likeness (QED) is 0.878. The van der Waals surface area contributed by atoms with E-state index in [0.717, 1.165) is 35.4 Å². The van der Waals surface area contributed by atoms with Crippen molar-refractivity contribution in [1.82, 2.24) is 10.3 Å². The second-order valence-corrected chi connectivity index (χ2v) is 4.86. The van der Waals surface area contributed by atoms with Crippen molar-refractivity contribution in [3.63, 3.8) is 0 Å². The molecule has 2 aromatic rings. The number of aromatic nitrogens is 1. The highest BCUT2D eigenvalue weighted by Crippen LogP contribution is 2.24. The van der Waals surface area contributed by atoms with Gasteiger partial charge in [0, 0.05) is 18.0 Å². The zero-order chi connectivity index (χ0) is 13.0. The van der Waals surface area contributed by atoms with Crippen LogP contribution in [0.1, 0.15) is 19.5 Å². The van der Waals surface area contributed by atoms with E-state index in [1.807, 2.05) is 30.3 Å². The van der Waals surface area contributed by atoms with Gasteiger partial charge >= 0.3 is 0 Å². The van der Waals surface area contributed by atoms with Crippen molar-refractivity contribution < 1.29 is 4.74 Å². The second-order valence-electron chi connectivity index (χ2n) is 4.86. The van der Waals surface area contributed by atoms with Gasteiger partial charge in [0.25, 0.3) is 0 Å². The molecule has 1 aromatic heterocycles. The maximum Gasteiger partial charge on any atom is 0.130 e. The van der Waals surface area contributed by atoms with E-state index in [1.54, 1.807) is 7.11 Å². The van der Waals surface area contributed by atoms with Gasteiger partial charge in [0.1, 0.15) is 5.75 Å². The first kappa shape index (κ1) is 12.8. The van der Waals surface area contributed by atoms with Gasteiger partial charge in [0.2, 0.25) is 0 Å². The second kappa shape index (κ2) is 5.83. The molecule has 0 aliphatic carbocycles. The van der Waals surface area contributed by atoms with Gasteiger partial charge in [0.15, 0.2) is 0 Å². The predicted molar refractivity (Wildman–Crippen MR) is 74.8 cm³/mol. The Morgan fingerprint density at radius 1 is 1.28 bits per heavy atom. The fourth-order valence-corrected chi connectivity index (χ4v) is 1.94. The molecular weight excluding hydrogens is 224 g/mol. The monoisotopic (exact) mass is 244 g/mol. The third-order valence-electron chi connectivity index (χ3n) is 2.81. The van der Waals surface area contributed by atoms with Crippen LogP contribution in [0.2, 0.25) is 0 Å². The summed E-state index contributed by atoms with van der Waals surface area (Å²) in [6, 6.07) is 10.1. The molecule has 0 saturated heterocycles. The minimum absolute atomic E-state index is 0.646. The van der Waals surface area contributed by atoms with E-state index in [1.165, 1.54) is 0 Å². The summed E-state index contributed by atoms with van der Waals surface area (Å²) >= 11 is 0. The average molecular weight is 244 g/mol. The molecule has 0 atom stereocenters. The summed E-state index contributed by atoms with van der Waals surface area (Å²) in [4.78, 5) is 4.64. The van der Waals surface area contributed by atoms with Crippen molar-refractivity contribution in [2.75, 3.05) is 13.7 Å². The summed E-state index contributed by atoms with van der Waals surface area (Å²) in [7, 11) is 1.70. The molecule has 18 heavy (non-hydrogen) atoms. The van der Waals surface area contributed by atoms with E-state index >= 15 is 0 Å². The minimum Gasteiger partial charge on any atom is -0.496 e. The Morgan fingerprint density at radius 3 is 2.78 bits per heavy atom. The van der Waals surface area contributed by atoms with Crippen molar-refractivity contribution in [3.8, 4) is 5.75 Å². The number of rotatable bonds is 5. The number of hydrogen-bond donors (Lipinski definition) is 1. The van der Waals surface area contributed by atoms with Crippen LogP contribution in [0, 0.1) is 5.92 Å². The normalized spacial score (nSPS) is 11.1. The summed E-state index contributed by atoms with van der Waals surface area (Å²) in [5.74, 6) is 1.54. The highest BCUT2D eigenvalue weighted by Gasteiger charge is 2.05. The van der Waals surface area contributed by atoms with Crippen molar-refractivity contribution in [2.45, 2.75) is 20.4 Å². The van der Waals surface area contributed by atoms with Crippen molar-refractivity contribution in [3.05, 3.63) is 36.0 Å². The molecule has 0 spiro atoms. The summed E-state index contributed by atoms with van der Waals surface area (Å²) in [6.45, 7) is 6.17. The standard InChI is InChI=1S/C15H20N2O/c1-11(2)9-16-10-12-8-15(18-3)13-6-4-5-7-14(13)17-12/h4-8,11,16H,9-10H2,1-3H3. The Morgan fingerprint density at radius 2 is 2.06 bits per heavy atom. The maximum absolute atomic E-state index is 5.43. The number of nitrogens with zero attached hydrogens (tertiary/aromatic N) is 1. The van der Waals surface area contributed by atoms with Gasteiger partial charge in [-0.2, -0.15) is 0 Å². The van der Waals surface area contributed by atoms with Crippen LogP contribution in [0.3, 0.4) is 0 Å². The summed E-state index contributed by atoms with van der Waals surface area (Å²) < 4.78 is 5.43. The molecule has 3 nitrogen and oxygen atoms in total. The number of methoxy groups -OCH3 is 1. The molecule has 0 saturated carbocycles. The number of pyridine rings is 1. The maximum atomic E-state index is 5.43. The minimum atomic E-state index is 0.646. The Kier molecular flexibility index (Phi) is 4.15. The zero-order valence-corrected chi connectivity index (χ0v) is 11.2. The van der Waals surface area contributed by atoms with E-state index in [4.69, 9.17) is 4.74 Å². The number of fused-ring (bicyclic) bond motifs is 1. The van der Waals surface area contributed by atoms with Crippen LogP contribution < -0.4 is 10.1 Å². The van der Waals surface area contributed by atoms with E-state index in [0.29, 0.717) is 5.92 Å².